The summed E-state index contributed by atoms with van der Waals surface area (Å²) < 4.78 is 1.65. The molecule has 0 atom stereocenters. The number of amides is 1. The number of aryl methyl sites for hydroxylation is 1. The van der Waals surface area contributed by atoms with E-state index in [4.69, 9.17) is 5.73 Å². The van der Waals surface area contributed by atoms with Gasteiger partial charge in [0.2, 0.25) is 0 Å². The van der Waals surface area contributed by atoms with E-state index in [-0.39, 0.29) is 5.91 Å². The minimum absolute atomic E-state index is 0.200. The Hall–Kier alpha value is -1.17. The Bertz CT molecular complexity index is 337. The highest BCUT2D eigenvalue weighted by molar-refractivity contribution is 7.98. The molecule has 0 aliphatic heterocycles. The Morgan fingerprint density at radius 2 is 2.47 bits per heavy atom. The van der Waals surface area contributed by atoms with E-state index in [1.807, 2.05) is 13.2 Å². The predicted octanol–water partition coefficient (Wildman–Crippen LogP) is 0.578. The lowest BCUT2D eigenvalue weighted by atomic mass is 10.3. The van der Waals surface area contributed by atoms with Crippen LogP contribution in [0.2, 0.25) is 0 Å². The summed E-state index contributed by atoms with van der Waals surface area (Å²) >= 11 is 1.68. The minimum atomic E-state index is -0.200. The SMILES string of the molecule is CCn1cc(N)c(C(=O)NCCSC)n1. The molecule has 0 saturated heterocycles. The normalized spacial score (nSPS) is 10.3. The number of nitrogen functional groups attached to an aromatic ring is 1. The molecule has 5 nitrogen and oxygen atoms in total. The maximum atomic E-state index is 11.6. The highest BCUT2D eigenvalue weighted by atomic mass is 32.2. The number of nitrogens with zero attached hydrogens (tertiary/aromatic N) is 2. The van der Waals surface area contributed by atoms with Crippen LogP contribution < -0.4 is 11.1 Å². The number of nitrogens with one attached hydrogen (secondary N) is 1. The lowest BCUT2D eigenvalue weighted by Gasteiger charge is -2.01. The molecule has 0 aliphatic carbocycles. The highest BCUT2D eigenvalue weighted by Gasteiger charge is 2.13. The number of aromatic nitrogens is 2. The quantitative estimate of drug-likeness (QED) is 0.723. The molecule has 0 saturated carbocycles. The number of carbonyl (C=O) groups excluding carboxylic acids is 1. The first kappa shape index (κ1) is 11.9. The van der Waals surface area contributed by atoms with Gasteiger partial charge in [0.1, 0.15) is 0 Å². The van der Waals surface area contributed by atoms with Gasteiger partial charge in [-0.15, -0.1) is 0 Å². The fourth-order valence-corrected chi connectivity index (χ4v) is 1.43. The molecule has 15 heavy (non-hydrogen) atoms. The summed E-state index contributed by atoms with van der Waals surface area (Å²) in [4.78, 5) is 11.6. The number of nitrogens with two attached hydrogens (primary N) is 1. The molecule has 0 spiro atoms. The zero-order chi connectivity index (χ0) is 11.3. The third-order valence-corrected chi connectivity index (χ3v) is 2.53. The zero-order valence-electron chi connectivity index (χ0n) is 8.99. The van der Waals surface area contributed by atoms with E-state index in [0.29, 0.717) is 24.5 Å². The first-order valence-corrected chi connectivity index (χ1v) is 6.18. The van der Waals surface area contributed by atoms with E-state index in [2.05, 4.69) is 10.4 Å². The number of thioether (sulfide) groups is 1. The maximum Gasteiger partial charge on any atom is 0.273 e. The molecular weight excluding hydrogens is 212 g/mol. The van der Waals surface area contributed by atoms with Gasteiger partial charge in [-0.05, 0) is 13.2 Å². The number of anilines is 1. The first-order valence-electron chi connectivity index (χ1n) is 4.79. The molecule has 0 radical (unpaired) electrons. The summed E-state index contributed by atoms with van der Waals surface area (Å²) in [5.74, 6) is 0.689. The van der Waals surface area contributed by atoms with Crippen LogP contribution in [-0.4, -0.2) is 34.2 Å². The molecule has 0 fully saturated rings. The largest absolute Gasteiger partial charge is 0.396 e. The van der Waals surface area contributed by atoms with Crippen LogP contribution in [0.15, 0.2) is 6.20 Å². The Labute approximate surface area is 93.4 Å². The first-order chi connectivity index (χ1) is 7.19. The van der Waals surface area contributed by atoms with Gasteiger partial charge in [0.15, 0.2) is 5.69 Å². The zero-order valence-corrected chi connectivity index (χ0v) is 9.80. The van der Waals surface area contributed by atoms with Gasteiger partial charge in [-0.25, -0.2) is 0 Å². The van der Waals surface area contributed by atoms with Crippen LogP contribution in [0.1, 0.15) is 17.4 Å². The second-order valence-corrected chi connectivity index (χ2v) is 4.02. The molecular formula is C9H16N4OS. The van der Waals surface area contributed by atoms with Gasteiger partial charge in [0.05, 0.1) is 5.69 Å². The highest BCUT2D eigenvalue weighted by Crippen LogP contribution is 2.08. The Balaban J connectivity index is 2.60. The summed E-state index contributed by atoms with van der Waals surface area (Å²) in [5, 5.41) is 6.84. The summed E-state index contributed by atoms with van der Waals surface area (Å²) in [7, 11) is 0. The van der Waals surface area contributed by atoms with Crippen molar-refractivity contribution in [3.8, 4) is 0 Å². The smallest absolute Gasteiger partial charge is 0.273 e. The fourth-order valence-electron chi connectivity index (χ4n) is 1.13. The Morgan fingerprint density at radius 1 is 1.73 bits per heavy atom. The third kappa shape index (κ3) is 3.16. The average Bonchev–Trinajstić information content (AvgIpc) is 2.60. The number of rotatable bonds is 5. The Kier molecular flexibility index (Phi) is 4.48. The summed E-state index contributed by atoms with van der Waals surface area (Å²) in [6.45, 7) is 3.29. The van der Waals surface area contributed by atoms with E-state index in [1.165, 1.54) is 0 Å². The topological polar surface area (TPSA) is 72.9 Å². The van der Waals surface area contributed by atoms with Crippen molar-refractivity contribution in [1.82, 2.24) is 15.1 Å². The van der Waals surface area contributed by atoms with E-state index in [9.17, 15) is 4.79 Å². The predicted molar refractivity (Wildman–Crippen MR) is 63.0 cm³/mol. The van der Waals surface area contributed by atoms with Gasteiger partial charge in [-0.2, -0.15) is 16.9 Å². The summed E-state index contributed by atoms with van der Waals surface area (Å²) in [6.07, 6.45) is 3.66. The van der Waals surface area contributed by atoms with Crippen molar-refractivity contribution in [2.45, 2.75) is 13.5 Å². The van der Waals surface area contributed by atoms with Crippen LogP contribution in [0, 0.1) is 0 Å². The van der Waals surface area contributed by atoms with Crippen LogP contribution in [0.25, 0.3) is 0 Å². The second-order valence-electron chi connectivity index (χ2n) is 3.04. The van der Waals surface area contributed by atoms with Gasteiger partial charge in [-0.3, -0.25) is 9.48 Å². The van der Waals surface area contributed by atoms with Gasteiger partial charge in [0, 0.05) is 25.0 Å². The van der Waals surface area contributed by atoms with Gasteiger partial charge < -0.3 is 11.1 Å². The van der Waals surface area contributed by atoms with E-state index < -0.39 is 0 Å². The summed E-state index contributed by atoms with van der Waals surface area (Å²) in [6, 6.07) is 0. The molecule has 1 heterocycles. The van der Waals surface area contributed by atoms with Crippen molar-refractivity contribution in [3.63, 3.8) is 0 Å². The van der Waals surface area contributed by atoms with E-state index >= 15 is 0 Å². The lowest BCUT2D eigenvalue weighted by Crippen LogP contribution is -2.26. The molecule has 0 unspecified atom stereocenters. The molecule has 0 aliphatic rings. The molecule has 84 valence electrons. The molecule has 1 rings (SSSR count). The molecule has 1 amide bonds. The van der Waals surface area contributed by atoms with Crippen molar-refractivity contribution < 1.29 is 4.79 Å². The van der Waals surface area contributed by atoms with Crippen LogP contribution in [0.3, 0.4) is 0 Å². The third-order valence-electron chi connectivity index (χ3n) is 1.92. The van der Waals surface area contributed by atoms with Crippen molar-refractivity contribution >= 4 is 23.4 Å². The van der Waals surface area contributed by atoms with Crippen molar-refractivity contribution in [3.05, 3.63) is 11.9 Å². The Morgan fingerprint density at radius 3 is 3.00 bits per heavy atom. The van der Waals surface area contributed by atoms with Crippen molar-refractivity contribution in [1.29, 1.82) is 0 Å². The van der Waals surface area contributed by atoms with Gasteiger partial charge in [0.25, 0.3) is 5.91 Å². The van der Waals surface area contributed by atoms with E-state index in [0.717, 1.165) is 5.75 Å². The van der Waals surface area contributed by atoms with E-state index in [1.54, 1.807) is 22.6 Å². The lowest BCUT2D eigenvalue weighted by molar-refractivity contribution is 0.0951. The molecule has 6 heteroatoms. The number of hydrogen-bond donors (Lipinski definition) is 2. The molecule has 1 aromatic rings. The van der Waals surface area contributed by atoms with Crippen LogP contribution in [-0.2, 0) is 6.54 Å². The van der Waals surface area contributed by atoms with Crippen LogP contribution in [0.4, 0.5) is 5.69 Å². The average molecular weight is 228 g/mol. The molecule has 0 bridgehead atoms. The molecule has 1 aromatic heterocycles. The molecule has 3 N–H and O–H groups in total. The fraction of sp³-hybridized carbons (Fsp3) is 0.556. The number of hydrogen-bond acceptors (Lipinski definition) is 4. The van der Waals surface area contributed by atoms with Crippen molar-refractivity contribution in [2.75, 3.05) is 24.3 Å². The standard InChI is InChI=1S/C9H16N4OS/c1-3-13-6-7(10)8(12-13)9(14)11-4-5-15-2/h6H,3-5,10H2,1-2H3,(H,11,14). The van der Waals surface area contributed by atoms with Gasteiger partial charge >= 0.3 is 0 Å². The summed E-state index contributed by atoms with van der Waals surface area (Å²) in [5.41, 5.74) is 6.42. The second kappa shape index (κ2) is 5.65. The monoisotopic (exact) mass is 228 g/mol. The van der Waals surface area contributed by atoms with Crippen LogP contribution in [0.5, 0.6) is 0 Å². The number of carbonyl (C=O) groups is 1. The maximum absolute atomic E-state index is 11.6. The van der Waals surface area contributed by atoms with Crippen LogP contribution >= 0.6 is 11.8 Å². The molecule has 0 aromatic carbocycles. The van der Waals surface area contributed by atoms with Gasteiger partial charge in [-0.1, -0.05) is 0 Å². The van der Waals surface area contributed by atoms with Crippen molar-refractivity contribution in [2.24, 2.45) is 0 Å². The minimum Gasteiger partial charge on any atom is -0.396 e.